The standard InChI is InChI=1S/C38H36Cl2N2O4/c1-5-7-9-19(3)17-41-35(43)23-13-11-21-32-28(40)16-26-30-24(36(44)42(38(26)46)18-20(4)10-8-6-2)14-12-22(34(30)32)31-27(39)15-25(37(41)45)29(23)33(21)31/h11-16,19-20H,5-10,17-18H2,1-4H3. The molecule has 46 heavy (non-hydrogen) atoms. The number of hydrogen-bond donors (Lipinski definition) is 0. The Kier molecular flexibility index (Phi) is 7.72. The van der Waals surface area contributed by atoms with E-state index in [9.17, 15) is 19.2 Å². The number of fused-ring (bicyclic) bond motifs is 2. The summed E-state index contributed by atoms with van der Waals surface area (Å²) in [5, 5.41) is 6.04. The van der Waals surface area contributed by atoms with Crippen molar-refractivity contribution in [2.24, 2.45) is 11.8 Å². The Bertz CT molecular complexity index is 1990. The fraction of sp³-hybridized carbons (Fsp3) is 0.368. The monoisotopic (exact) mass is 654 g/mol. The predicted molar refractivity (Wildman–Crippen MR) is 186 cm³/mol. The second kappa shape index (κ2) is 11.5. The number of amides is 4. The smallest absolute Gasteiger partial charge is 0.261 e. The molecule has 0 spiro atoms. The van der Waals surface area contributed by atoms with E-state index in [2.05, 4.69) is 27.7 Å². The number of carbonyl (C=O) groups excluding carboxylic acids is 4. The van der Waals surface area contributed by atoms with Gasteiger partial charge in [0.2, 0.25) is 0 Å². The third-order valence-corrected chi connectivity index (χ3v) is 10.6. The first-order chi connectivity index (χ1) is 22.1. The van der Waals surface area contributed by atoms with Crippen molar-refractivity contribution in [3.05, 3.63) is 68.7 Å². The molecule has 8 heteroatoms. The van der Waals surface area contributed by atoms with Gasteiger partial charge in [0.25, 0.3) is 23.6 Å². The number of carbonyl (C=O) groups is 4. The van der Waals surface area contributed by atoms with E-state index >= 15 is 0 Å². The quantitative estimate of drug-likeness (QED) is 0.0853. The van der Waals surface area contributed by atoms with Crippen molar-refractivity contribution in [2.75, 3.05) is 13.1 Å². The molecule has 5 aromatic carbocycles. The molecule has 5 aromatic rings. The van der Waals surface area contributed by atoms with Gasteiger partial charge in [0.1, 0.15) is 0 Å². The maximum Gasteiger partial charge on any atom is 0.261 e. The highest BCUT2D eigenvalue weighted by molar-refractivity contribution is 6.50. The highest BCUT2D eigenvalue weighted by atomic mass is 35.5. The minimum absolute atomic E-state index is 0.170. The number of benzene rings is 5. The number of halogens is 2. The van der Waals surface area contributed by atoms with Crippen LogP contribution in [0.1, 0.15) is 108 Å². The summed E-state index contributed by atoms with van der Waals surface area (Å²) in [6.45, 7) is 9.07. The minimum Gasteiger partial charge on any atom is -0.274 e. The van der Waals surface area contributed by atoms with E-state index in [0.29, 0.717) is 77.7 Å². The molecule has 0 bridgehead atoms. The molecule has 2 aliphatic heterocycles. The van der Waals surface area contributed by atoms with Crippen LogP contribution in [0.4, 0.5) is 0 Å². The van der Waals surface area contributed by atoms with Crippen LogP contribution in [-0.4, -0.2) is 46.5 Å². The van der Waals surface area contributed by atoms with Crippen LogP contribution < -0.4 is 0 Å². The van der Waals surface area contributed by atoms with Gasteiger partial charge < -0.3 is 0 Å². The zero-order chi connectivity index (χ0) is 32.6. The summed E-state index contributed by atoms with van der Waals surface area (Å²) < 4.78 is 0. The Morgan fingerprint density at radius 3 is 1.28 bits per heavy atom. The molecule has 0 fully saturated rings. The highest BCUT2D eigenvalue weighted by Crippen LogP contribution is 2.50. The lowest BCUT2D eigenvalue weighted by molar-refractivity contribution is 0.0571. The molecule has 2 unspecified atom stereocenters. The largest absolute Gasteiger partial charge is 0.274 e. The van der Waals surface area contributed by atoms with Crippen molar-refractivity contribution in [3.8, 4) is 0 Å². The molecule has 2 atom stereocenters. The number of nitrogens with zero attached hydrogens (tertiary/aromatic N) is 2. The number of unbranched alkanes of at least 4 members (excludes halogenated alkanes) is 2. The van der Waals surface area contributed by atoms with Gasteiger partial charge in [-0.3, -0.25) is 29.0 Å². The van der Waals surface area contributed by atoms with Crippen molar-refractivity contribution < 1.29 is 19.2 Å². The summed E-state index contributed by atoms with van der Waals surface area (Å²) in [5.74, 6) is -0.983. The van der Waals surface area contributed by atoms with Gasteiger partial charge >= 0.3 is 0 Å². The van der Waals surface area contributed by atoms with E-state index in [4.69, 9.17) is 23.2 Å². The molecule has 2 aliphatic rings. The Morgan fingerprint density at radius 1 is 0.543 bits per heavy atom. The number of imide groups is 2. The second-order valence-corrected chi connectivity index (χ2v) is 14.1. The van der Waals surface area contributed by atoms with Crippen molar-refractivity contribution in [1.82, 2.24) is 9.80 Å². The minimum atomic E-state index is -0.349. The molecule has 0 saturated heterocycles. The van der Waals surface area contributed by atoms with Crippen molar-refractivity contribution in [1.29, 1.82) is 0 Å². The first-order valence-corrected chi connectivity index (χ1v) is 17.2. The van der Waals surface area contributed by atoms with Gasteiger partial charge in [-0.05, 0) is 59.7 Å². The molecule has 4 amide bonds. The topological polar surface area (TPSA) is 74.8 Å². The SMILES string of the molecule is CCCCC(C)CN1C(=O)c2ccc3c4c(Cl)cc5c6c(ccc(c7c(Cl)cc(c2c37)C1=O)c64)C(=O)N(CC(C)CCCC)C5=O. The maximum absolute atomic E-state index is 13.9. The van der Waals surface area contributed by atoms with Crippen molar-refractivity contribution >= 4 is 89.9 Å². The van der Waals surface area contributed by atoms with Crippen LogP contribution in [0.5, 0.6) is 0 Å². The molecule has 0 N–H and O–H groups in total. The average molecular weight is 656 g/mol. The number of rotatable bonds is 10. The zero-order valence-electron chi connectivity index (χ0n) is 26.6. The number of hydrogen-bond acceptors (Lipinski definition) is 4. The first kappa shape index (κ1) is 30.9. The van der Waals surface area contributed by atoms with Gasteiger partial charge in [-0.25, -0.2) is 0 Å². The van der Waals surface area contributed by atoms with Crippen LogP contribution in [0.15, 0.2) is 36.4 Å². The van der Waals surface area contributed by atoms with E-state index in [0.717, 1.165) is 49.3 Å². The van der Waals surface area contributed by atoms with Crippen LogP contribution in [-0.2, 0) is 0 Å². The van der Waals surface area contributed by atoms with Crippen molar-refractivity contribution in [2.45, 2.75) is 66.2 Å². The highest BCUT2D eigenvalue weighted by Gasteiger charge is 2.38. The molecule has 0 aromatic heterocycles. The van der Waals surface area contributed by atoms with E-state index in [1.165, 1.54) is 9.80 Å². The third kappa shape index (κ3) is 4.44. The fourth-order valence-electron chi connectivity index (χ4n) is 7.71. The summed E-state index contributed by atoms with van der Waals surface area (Å²) in [6, 6.07) is 10.6. The van der Waals surface area contributed by atoms with Crippen LogP contribution in [0.2, 0.25) is 10.0 Å². The van der Waals surface area contributed by atoms with Crippen LogP contribution >= 0.6 is 23.2 Å². The van der Waals surface area contributed by atoms with Gasteiger partial charge in [0.05, 0.1) is 11.1 Å². The van der Waals surface area contributed by atoms with E-state index in [-0.39, 0.29) is 35.5 Å². The molecule has 6 nitrogen and oxygen atoms in total. The van der Waals surface area contributed by atoms with Gasteiger partial charge in [0.15, 0.2) is 0 Å². The normalized spacial score (nSPS) is 16.2. The van der Waals surface area contributed by atoms with E-state index in [1.54, 1.807) is 24.3 Å². The van der Waals surface area contributed by atoms with Crippen LogP contribution in [0, 0.1) is 11.8 Å². The zero-order valence-corrected chi connectivity index (χ0v) is 28.1. The summed E-state index contributed by atoms with van der Waals surface area (Å²) in [4.78, 5) is 58.3. The summed E-state index contributed by atoms with van der Waals surface area (Å²) in [6.07, 6.45) is 6.02. The lowest BCUT2D eigenvalue weighted by atomic mass is 9.82. The van der Waals surface area contributed by atoms with Gasteiger partial charge in [-0.15, -0.1) is 0 Å². The Hall–Kier alpha value is -3.74. The van der Waals surface area contributed by atoms with Gasteiger partial charge in [0, 0.05) is 66.6 Å². The Morgan fingerprint density at radius 2 is 0.913 bits per heavy atom. The average Bonchev–Trinajstić information content (AvgIpc) is 3.04. The molecule has 0 radical (unpaired) electrons. The summed E-state index contributed by atoms with van der Waals surface area (Å²) >= 11 is 14.1. The summed E-state index contributed by atoms with van der Waals surface area (Å²) in [5.41, 5.74) is 1.70. The predicted octanol–water partition coefficient (Wildman–Crippen LogP) is 9.89. The fourth-order valence-corrected chi connectivity index (χ4v) is 8.32. The third-order valence-electron chi connectivity index (χ3n) is 10.00. The molecule has 7 rings (SSSR count). The Labute approximate surface area is 277 Å². The first-order valence-electron chi connectivity index (χ1n) is 16.4. The molecule has 0 aliphatic carbocycles. The van der Waals surface area contributed by atoms with Crippen LogP contribution in [0.3, 0.4) is 0 Å². The lowest BCUT2D eigenvalue weighted by Gasteiger charge is -2.32. The molecule has 236 valence electrons. The maximum atomic E-state index is 13.9. The van der Waals surface area contributed by atoms with Gasteiger partial charge in [-0.2, -0.15) is 0 Å². The van der Waals surface area contributed by atoms with Crippen molar-refractivity contribution in [3.63, 3.8) is 0 Å². The van der Waals surface area contributed by atoms with E-state index in [1.807, 2.05) is 12.1 Å². The van der Waals surface area contributed by atoms with Gasteiger partial charge in [-0.1, -0.05) is 88.7 Å². The lowest BCUT2D eigenvalue weighted by Crippen LogP contribution is -2.43. The summed E-state index contributed by atoms with van der Waals surface area (Å²) in [7, 11) is 0. The molecule has 2 heterocycles. The second-order valence-electron chi connectivity index (χ2n) is 13.3. The van der Waals surface area contributed by atoms with E-state index < -0.39 is 0 Å². The van der Waals surface area contributed by atoms with Crippen LogP contribution in [0.25, 0.3) is 43.1 Å². The molecule has 0 saturated carbocycles. The Balaban J connectivity index is 1.46. The molecular formula is C38H36Cl2N2O4. The molecular weight excluding hydrogens is 619 g/mol.